The largest absolute Gasteiger partial charge is 0.494 e. The van der Waals surface area contributed by atoms with Gasteiger partial charge >= 0.3 is 0 Å². The van der Waals surface area contributed by atoms with Crippen molar-refractivity contribution < 1.29 is 9.53 Å². The molecule has 0 fully saturated rings. The number of nitrogens with one attached hydrogen (secondary N) is 1. The number of carbonyl (C=O) groups is 1. The fraction of sp³-hybridized carbons (Fsp3) is 0.429. The first-order valence-electron chi connectivity index (χ1n) is 6.48. The monoisotopic (exact) mass is 293 g/mol. The van der Waals surface area contributed by atoms with Gasteiger partial charge in [-0.25, -0.2) is 15.4 Å². The van der Waals surface area contributed by atoms with Gasteiger partial charge in [0.1, 0.15) is 5.75 Å². The van der Waals surface area contributed by atoms with Crippen molar-refractivity contribution in [2.45, 2.75) is 33.2 Å². The second-order valence-electron chi connectivity index (χ2n) is 5.40. The summed E-state index contributed by atoms with van der Waals surface area (Å²) in [5, 5.41) is 2.05. The third kappa shape index (κ3) is 3.46. The first-order valence-corrected chi connectivity index (χ1v) is 7.30. The number of ether oxygens (including phenoxy) is 1. The van der Waals surface area contributed by atoms with E-state index < -0.39 is 0 Å². The zero-order chi connectivity index (χ0) is 14.8. The van der Waals surface area contributed by atoms with E-state index in [0.717, 1.165) is 22.4 Å². The fourth-order valence-corrected chi connectivity index (χ4v) is 2.65. The molecule has 2 rings (SSSR count). The second kappa shape index (κ2) is 5.76. The molecule has 1 N–H and O–H groups in total. The molecule has 1 aromatic carbocycles. The van der Waals surface area contributed by atoms with Gasteiger partial charge in [-0.05, 0) is 45.9 Å². The van der Waals surface area contributed by atoms with Crippen LogP contribution in [0.3, 0.4) is 0 Å². The van der Waals surface area contributed by atoms with Crippen molar-refractivity contribution in [1.29, 1.82) is 0 Å². The standard InChI is InChI=1S/C14H19N3O2S/c1-5-19-10-6-7-11-12(8-10)20-13(15-11)17(9-18)16-14(2,3)4/h6-9,16H,5H2,1-4H3. The van der Waals surface area contributed by atoms with Crippen LogP contribution in [-0.2, 0) is 4.79 Å². The third-order valence-corrected chi connectivity index (χ3v) is 3.44. The van der Waals surface area contributed by atoms with Crippen molar-refractivity contribution in [3.05, 3.63) is 18.2 Å². The Morgan fingerprint density at radius 3 is 2.80 bits per heavy atom. The van der Waals surface area contributed by atoms with E-state index in [0.29, 0.717) is 11.7 Å². The summed E-state index contributed by atoms with van der Waals surface area (Å²) >= 11 is 1.45. The van der Waals surface area contributed by atoms with E-state index in [9.17, 15) is 4.79 Å². The van der Waals surface area contributed by atoms with E-state index in [1.54, 1.807) is 0 Å². The van der Waals surface area contributed by atoms with E-state index in [1.807, 2.05) is 45.9 Å². The first-order chi connectivity index (χ1) is 9.43. The van der Waals surface area contributed by atoms with Gasteiger partial charge in [0.25, 0.3) is 0 Å². The van der Waals surface area contributed by atoms with Crippen molar-refractivity contribution in [3.8, 4) is 5.75 Å². The molecule has 0 atom stereocenters. The molecule has 5 nitrogen and oxygen atoms in total. The normalized spacial score (nSPS) is 11.6. The molecule has 0 bridgehead atoms. The molecule has 1 heterocycles. The molecule has 2 aromatic rings. The van der Waals surface area contributed by atoms with Crippen LogP contribution in [0.2, 0.25) is 0 Å². The Balaban J connectivity index is 2.32. The zero-order valence-corrected chi connectivity index (χ0v) is 13.0. The Kier molecular flexibility index (Phi) is 4.25. The summed E-state index contributed by atoms with van der Waals surface area (Å²) < 4.78 is 6.46. The highest BCUT2D eigenvalue weighted by Crippen LogP contribution is 2.30. The predicted octanol–water partition coefficient (Wildman–Crippen LogP) is 2.96. The SMILES string of the molecule is CCOc1ccc2nc(N(C=O)NC(C)(C)C)sc2c1. The fourth-order valence-electron chi connectivity index (χ4n) is 1.73. The van der Waals surface area contributed by atoms with Crippen molar-refractivity contribution in [1.82, 2.24) is 10.4 Å². The molecule has 0 spiro atoms. The first kappa shape index (κ1) is 14.7. The van der Waals surface area contributed by atoms with Gasteiger partial charge in [-0.15, -0.1) is 0 Å². The summed E-state index contributed by atoms with van der Waals surface area (Å²) in [5.41, 5.74) is 3.75. The van der Waals surface area contributed by atoms with Gasteiger partial charge in [0.05, 0.1) is 16.8 Å². The molecule has 0 aliphatic carbocycles. The Labute approximate surface area is 122 Å². The third-order valence-electron chi connectivity index (χ3n) is 2.43. The molecule has 6 heteroatoms. The number of hydrazine groups is 1. The minimum atomic E-state index is -0.213. The Hall–Kier alpha value is -1.66. The molecule has 0 aliphatic heterocycles. The molecule has 0 aliphatic rings. The van der Waals surface area contributed by atoms with E-state index in [2.05, 4.69) is 10.4 Å². The lowest BCUT2D eigenvalue weighted by atomic mass is 10.1. The van der Waals surface area contributed by atoms with E-state index in [4.69, 9.17) is 4.74 Å². The summed E-state index contributed by atoms with van der Waals surface area (Å²) in [6.07, 6.45) is 0.742. The minimum Gasteiger partial charge on any atom is -0.494 e. The molecule has 1 aromatic heterocycles. The van der Waals surface area contributed by atoms with Crippen molar-refractivity contribution >= 4 is 33.1 Å². The highest BCUT2D eigenvalue weighted by atomic mass is 32.1. The van der Waals surface area contributed by atoms with Crippen LogP contribution >= 0.6 is 11.3 Å². The zero-order valence-electron chi connectivity index (χ0n) is 12.1. The van der Waals surface area contributed by atoms with E-state index in [-0.39, 0.29) is 5.54 Å². The molecule has 108 valence electrons. The number of aromatic nitrogens is 1. The maximum atomic E-state index is 11.2. The molecule has 20 heavy (non-hydrogen) atoms. The number of nitrogens with zero attached hydrogens (tertiary/aromatic N) is 2. The maximum absolute atomic E-state index is 11.2. The highest BCUT2D eigenvalue weighted by molar-refractivity contribution is 7.22. The lowest BCUT2D eigenvalue weighted by molar-refractivity contribution is -0.108. The lowest BCUT2D eigenvalue weighted by Gasteiger charge is -2.26. The lowest BCUT2D eigenvalue weighted by Crippen LogP contribution is -2.48. The summed E-state index contributed by atoms with van der Waals surface area (Å²) in [5.74, 6) is 0.816. The number of fused-ring (bicyclic) bond motifs is 1. The average molecular weight is 293 g/mol. The smallest absolute Gasteiger partial charge is 0.230 e. The topological polar surface area (TPSA) is 54.5 Å². The minimum absolute atomic E-state index is 0.213. The summed E-state index contributed by atoms with van der Waals surface area (Å²) in [7, 11) is 0. The maximum Gasteiger partial charge on any atom is 0.230 e. The highest BCUT2D eigenvalue weighted by Gasteiger charge is 2.18. The predicted molar refractivity (Wildman–Crippen MR) is 82.2 cm³/mol. The molecule has 0 saturated carbocycles. The summed E-state index contributed by atoms with van der Waals surface area (Å²) in [4.78, 5) is 15.7. The van der Waals surface area contributed by atoms with Crippen LogP contribution in [0.15, 0.2) is 18.2 Å². The molecular weight excluding hydrogens is 274 g/mol. The number of amides is 1. The second-order valence-corrected chi connectivity index (χ2v) is 6.41. The van der Waals surface area contributed by atoms with Crippen LogP contribution in [0.4, 0.5) is 5.13 Å². The van der Waals surface area contributed by atoms with Crippen LogP contribution in [-0.4, -0.2) is 23.5 Å². The van der Waals surface area contributed by atoms with Crippen LogP contribution < -0.4 is 15.2 Å². The van der Waals surface area contributed by atoms with Crippen LogP contribution in [0.25, 0.3) is 10.2 Å². The number of carbonyl (C=O) groups excluding carboxylic acids is 1. The number of benzene rings is 1. The van der Waals surface area contributed by atoms with Gasteiger partial charge in [0, 0.05) is 5.54 Å². The number of rotatable bonds is 5. The Bertz CT molecular complexity index is 604. The van der Waals surface area contributed by atoms with Crippen LogP contribution in [0, 0.1) is 0 Å². The molecule has 0 unspecified atom stereocenters. The molecule has 0 radical (unpaired) electrons. The average Bonchev–Trinajstić information content (AvgIpc) is 2.78. The number of anilines is 1. The van der Waals surface area contributed by atoms with Gasteiger partial charge in [-0.2, -0.15) is 0 Å². The summed E-state index contributed by atoms with van der Waals surface area (Å²) in [6, 6.07) is 5.73. The van der Waals surface area contributed by atoms with Gasteiger partial charge < -0.3 is 4.74 Å². The van der Waals surface area contributed by atoms with Crippen LogP contribution in [0.1, 0.15) is 27.7 Å². The van der Waals surface area contributed by atoms with Crippen molar-refractivity contribution in [3.63, 3.8) is 0 Å². The van der Waals surface area contributed by atoms with Gasteiger partial charge in [-0.3, -0.25) is 4.79 Å². The van der Waals surface area contributed by atoms with Crippen molar-refractivity contribution in [2.24, 2.45) is 0 Å². The number of thiazole rings is 1. The number of hydrogen-bond acceptors (Lipinski definition) is 5. The van der Waals surface area contributed by atoms with Crippen LogP contribution in [0.5, 0.6) is 5.75 Å². The van der Waals surface area contributed by atoms with Crippen molar-refractivity contribution in [2.75, 3.05) is 11.6 Å². The molecule has 1 amide bonds. The Morgan fingerprint density at radius 1 is 1.45 bits per heavy atom. The molecule has 0 saturated heterocycles. The van der Waals surface area contributed by atoms with Gasteiger partial charge in [0.2, 0.25) is 11.5 Å². The Morgan fingerprint density at radius 2 is 2.20 bits per heavy atom. The summed E-state index contributed by atoms with van der Waals surface area (Å²) in [6.45, 7) is 8.55. The van der Waals surface area contributed by atoms with E-state index in [1.165, 1.54) is 16.3 Å². The quantitative estimate of drug-likeness (QED) is 0.680. The van der Waals surface area contributed by atoms with E-state index >= 15 is 0 Å². The van der Waals surface area contributed by atoms with Gasteiger partial charge in [0.15, 0.2) is 0 Å². The number of hydrogen-bond donors (Lipinski definition) is 1. The molecular formula is C14H19N3O2S. The van der Waals surface area contributed by atoms with Gasteiger partial charge in [-0.1, -0.05) is 11.3 Å².